The molecule has 3 nitrogen and oxygen atoms in total. The number of aromatic nitrogens is 1. The molecule has 6 heteroatoms. The molecule has 0 amide bonds. The number of anilines is 1. The molecule has 0 spiro atoms. The van der Waals surface area contributed by atoms with Crippen LogP contribution in [0.3, 0.4) is 0 Å². The fourth-order valence-corrected chi connectivity index (χ4v) is 1.83. The van der Waals surface area contributed by atoms with E-state index in [9.17, 15) is 13.2 Å². The first-order valence-corrected chi connectivity index (χ1v) is 6.20. The maximum Gasteiger partial charge on any atom is 0.422 e. The molecule has 1 aromatic carbocycles. The van der Waals surface area contributed by atoms with E-state index >= 15 is 0 Å². The predicted molar refractivity (Wildman–Crippen MR) is 72.1 cm³/mol. The average Bonchev–Trinajstić information content (AvgIpc) is 2.34. The Labute approximate surface area is 114 Å². The summed E-state index contributed by atoms with van der Waals surface area (Å²) in [5, 5.41) is 4.53. The number of fused-ring (bicyclic) bond motifs is 1. The predicted octanol–water partition coefficient (Wildman–Crippen LogP) is 4.00. The molecule has 0 saturated heterocycles. The van der Waals surface area contributed by atoms with E-state index in [4.69, 9.17) is 4.74 Å². The van der Waals surface area contributed by atoms with Gasteiger partial charge in [0, 0.05) is 23.3 Å². The van der Waals surface area contributed by atoms with Gasteiger partial charge in [-0.05, 0) is 37.4 Å². The zero-order chi connectivity index (χ0) is 14.8. The second-order valence-electron chi connectivity index (χ2n) is 4.75. The third kappa shape index (κ3) is 3.76. The number of rotatable bonds is 4. The van der Waals surface area contributed by atoms with Crippen LogP contribution in [0, 0.1) is 0 Å². The van der Waals surface area contributed by atoms with Gasteiger partial charge in [-0.25, -0.2) is 4.98 Å². The van der Waals surface area contributed by atoms with E-state index in [1.54, 1.807) is 12.1 Å². The fraction of sp³-hybridized carbons (Fsp3) is 0.357. The molecule has 2 aromatic rings. The number of hydrogen-bond acceptors (Lipinski definition) is 3. The van der Waals surface area contributed by atoms with E-state index in [0.29, 0.717) is 5.39 Å². The number of benzene rings is 1. The molecule has 0 aliphatic rings. The molecule has 0 atom stereocenters. The summed E-state index contributed by atoms with van der Waals surface area (Å²) >= 11 is 0. The van der Waals surface area contributed by atoms with Crippen molar-refractivity contribution in [3.63, 3.8) is 0 Å². The zero-order valence-corrected chi connectivity index (χ0v) is 11.2. The highest BCUT2D eigenvalue weighted by atomic mass is 19.4. The lowest BCUT2D eigenvalue weighted by molar-refractivity contribution is -0.153. The van der Waals surface area contributed by atoms with Gasteiger partial charge in [0.2, 0.25) is 5.88 Å². The Morgan fingerprint density at radius 3 is 2.65 bits per heavy atom. The SMILES string of the molecule is CC(C)Nc1ccc2ccnc(OCC(F)(F)F)c2c1. The van der Waals surface area contributed by atoms with Crippen LogP contribution in [0.4, 0.5) is 18.9 Å². The molecule has 20 heavy (non-hydrogen) atoms. The van der Waals surface area contributed by atoms with Crippen LogP contribution in [-0.2, 0) is 0 Å². The molecule has 0 aliphatic heterocycles. The lowest BCUT2D eigenvalue weighted by Crippen LogP contribution is -2.19. The van der Waals surface area contributed by atoms with E-state index in [-0.39, 0.29) is 11.9 Å². The first-order chi connectivity index (χ1) is 9.35. The van der Waals surface area contributed by atoms with Crippen molar-refractivity contribution in [1.29, 1.82) is 0 Å². The number of hydrogen-bond donors (Lipinski definition) is 1. The molecule has 1 heterocycles. The van der Waals surface area contributed by atoms with Crippen molar-refractivity contribution in [3.8, 4) is 5.88 Å². The minimum Gasteiger partial charge on any atom is -0.468 e. The summed E-state index contributed by atoms with van der Waals surface area (Å²) in [7, 11) is 0. The van der Waals surface area contributed by atoms with E-state index in [0.717, 1.165) is 11.1 Å². The summed E-state index contributed by atoms with van der Waals surface area (Å²) in [6.07, 6.45) is -2.94. The minimum absolute atomic E-state index is 0.00719. The van der Waals surface area contributed by atoms with Crippen LogP contribution in [0.1, 0.15) is 13.8 Å². The second kappa shape index (κ2) is 5.56. The molecule has 0 aliphatic carbocycles. The number of pyridine rings is 1. The molecule has 0 fully saturated rings. The molecule has 108 valence electrons. The van der Waals surface area contributed by atoms with Crippen molar-refractivity contribution in [2.24, 2.45) is 0 Å². The van der Waals surface area contributed by atoms with Crippen molar-refractivity contribution >= 4 is 16.5 Å². The van der Waals surface area contributed by atoms with E-state index in [1.807, 2.05) is 26.0 Å². The Bertz CT molecular complexity index is 596. The van der Waals surface area contributed by atoms with Gasteiger partial charge in [-0.2, -0.15) is 13.2 Å². The van der Waals surface area contributed by atoms with Crippen LogP contribution in [0.25, 0.3) is 10.8 Å². The summed E-state index contributed by atoms with van der Waals surface area (Å²) in [5.74, 6) is -0.00719. The number of halogens is 3. The standard InChI is InChI=1S/C14H15F3N2O/c1-9(2)19-11-4-3-10-5-6-18-13(12(10)7-11)20-8-14(15,16)17/h3-7,9,19H,8H2,1-2H3. The summed E-state index contributed by atoms with van der Waals surface area (Å²) < 4.78 is 41.5. The van der Waals surface area contributed by atoms with Crippen molar-refractivity contribution in [2.75, 3.05) is 11.9 Å². The summed E-state index contributed by atoms with van der Waals surface area (Å²) in [6, 6.07) is 7.39. The molecular formula is C14H15F3N2O. The molecule has 1 aromatic heterocycles. The van der Waals surface area contributed by atoms with Gasteiger partial charge in [0.25, 0.3) is 0 Å². The van der Waals surface area contributed by atoms with Crippen LogP contribution < -0.4 is 10.1 Å². The number of ether oxygens (including phenoxy) is 1. The lowest BCUT2D eigenvalue weighted by atomic mass is 10.1. The quantitative estimate of drug-likeness (QED) is 0.921. The number of alkyl halides is 3. The highest BCUT2D eigenvalue weighted by Gasteiger charge is 2.29. The van der Waals surface area contributed by atoms with Gasteiger partial charge in [0.15, 0.2) is 6.61 Å². The van der Waals surface area contributed by atoms with Crippen molar-refractivity contribution < 1.29 is 17.9 Å². The van der Waals surface area contributed by atoms with Gasteiger partial charge in [-0.3, -0.25) is 0 Å². The van der Waals surface area contributed by atoms with Gasteiger partial charge in [-0.15, -0.1) is 0 Å². The van der Waals surface area contributed by atoms with Gasteiger partial charge in [-0.1, -0.05) is 6.07 Å². The van der Waals surface area contributed by atoms with Crippen molar-refractivity contribution in [3.05, 3.63) is 30.5 Å². The molecule has 0 radical (unpaired) electrons. The largest absolute Gasteiger partial charge is 0.468 e. The molecular weight excluding hydrogens is 269 g/mol. The van der Waals surface area contributed by atoms with E-state index in [1.165, 1.54) is 6.20 Å². The Balaban J connectivity index is 2.33. The second-order valence-corrected chi connectivity index (χ2v) is 4.75. The van der Waals surface area contributed by atoms with Crippen LogP contribution in [-0.4, -0.2) is 23.8 Å². The topological polar surface area (TPSA) is 34.2 Å². The molecule has 0 bridgehead atoms. The first kappa shape index (κ1) is 14.4. The molecule has 0 unspecified atom stereocenters. The minimum atomic E-state index is -4.38. The molecule has 2 rings (SSSR count). The van der Waals surface area contributed by atoms with Crippen molar-refractivity contribution in [2.45, 2.75) is 26.1 Å². The Hall–Kier alpha value is -1.98. The first-order valence-electron chi connectivity index (χ1n) is 6.20. The molecule has 0 saturated carbocycles. The Kier molecular flexibility index (Phi) is 4.01. The lowest BCUT2D eigenvalue weighted by Gasteiger charge is -2.13. The maximum absolute atomic E-state index is 12.2. The van der Waals surface area contributed by atoms with Gasteiger partial charge < -0.3 is 10.1 Å². The third-order valence-electron chi connectivity index (χ3n) is 2.56. The third-order valence-corrected chi connectivity index (χ3v) is 2.56. The summed E-state index contributed by atoms with van der Waals surface area (Å²) in [5.41, 5.74) is 0.817. The smallest absolute Gasteiger partial charge is 0.422 e. The Morgan fingerprint density at radius 1 is 1.25 bits per heavy atom. The van der Waals surface area contributed by atoms with Crippen LogP contribution >= 0.6 is 0 Å². The summed E-state index contributed by atoms with van der Waals surface area (Å²) in [6.45, 7) is 2.62. The van der Waals surface area contributed by atoms with Crippen molar-refractivity contribution in [1.82, 2.24) is 4.98 Å². The van der Waals surface area contributed by atoms with E-state index in [2.05, 4.69) is 10.3 Å². The number of nitrogens with one attached hydrogen (secondary N) is 1. The maximum atomic E-state index is 12.2. The van der Waals surface area contributed by atoms with Gasteiger partial charge >= 0.3 is 6.18 Å². The average molecular weight is 284 g/mol. The van der Waals surface area contributed by atoms with E-state index < -0.39 is 12.8 Å². The van der Waals surface area contributed by atoms with Gasteiger partial charge in [0.1, 0.15) is 0 Å². The van der Waals surface area contributed by atoms with Crippen LogP contribution in [0.15, 0.2) is 30.5 Å². The highest BCUT2D eigenvalue weighted by Crippen LogP contribution is 2.27. The van der Waals surface area contributed by atoms with Gasteiger partial charge in [0.05, 0.1) is 0 Å². The monoisotopic (exact) mass is 284 g/mol. The number of nitrogens with zero attached hydrogens (tertiary/aromatic N) is 1. The van der Waals surface area contributed by atoms with Crippen LogP contribution in [0.5, 0.6) is 5.88 Å². The zero-order valence-electron chi connectivity index (χ0n) is 11.2. The van der Waals surface area contributed by atoms with Crippen LogP contribution in [0.2, 0.25) is 0 Å². The fourth-order valence-electron chi connectivity index (χ4n) is 1.83. The Morgan fingerprint density at radius 2 is 2.00 bits per heavy atom. The highest BCUT2D eigenvalue weighted by molar-refractivity contribution is 5.89. The summed E-state index contributed by atoms with van der Waals surface area (Å²) in [4.78, 5) is 3.88. The molecule has 1 N–H and O–H groups in total. The normalized spacial score (nSPS) is 11.9.